The molecule has 130 valence electrons. The maximum atomic E-state index is 11.5. The third-order valence-electron chi connectivity index (χ3n) is 4.33. The zero-order chi connectivity index (χ0) is 17.6. The van der Waals surface area contributed by atoms with Gasteiger partial charge in [-0.15, -0.1) is 0 Å². The molecule has 4 N–H and O–H groups in total. The van der Waals surface area contributed by atoms with Crippen molar-refractivity contribution in [3.05, 3.63) is 83.7 Å². The van der Waals surface area contributed by atoms with Gasteiger partial charge in [-0.3, -0.25) is 4.90 Å². The number of ether oxygens (including phenoxy) is 1. The first kappa shape index (κ1) is 17.0. The molecule has 3 rings (SSSR count). The van der Waals surface area contributed by atoms with Crippen LogP contribution in [0, 0.1) is 5.92 Å². The quantitative estimate of drug-likeness (QED) is 0.622. The molecule has 1 heterocycles. The topological polar surface area (TPSA) is 81.6 Å². The lowest BCUT2D eigenvalue weighted by atomic mass is 9.90. The van der Waals surface area contributed by atoms with Gasteiger partial charge in [0.15, 0.2) is 0 Å². The highest BCUT2D eigenvalue weighted by atomic mass is 16.5. The molecule has 0 saturated carbocycles. The van der Waals surface area contributed by atoms with Crippen LogP contribution in [0.1, 0.15) is 17.2 Å². The summed E-state index contributed by atoms with van der Waals surface area (Å²) in [6.45, 7) is 2.14. The molecule has 0 unspecified atom stereocenters. The molecule has 0 atom stereocenters. The van der Waals surface area contributed by atoms with E-state index < -0.39 is 5.97 Å². The first-order valence-corrected chi connectivity index (χ1v) is 8.37. The SMILES string of the molecule is NC(N)=CC(=O)OCC1CN(C(c2ccccc2)c2ccccc2)C1. The van der Waals surface area contributed by atoms with Crippen LogP contribution in [0.5, 0.6) is 0 Å². The fourth-order valence-corrected chi connectivity index (χ4v) is 3.19. The van der Waals surface area contributed by atoms with E-state index in [-0.39, 0.29) is 11.9 Å². The monoisotopic (exact) mass is 337 g/mol. The van der Waals surface area contributed by atoms with E-state index in [1.54, 1.807) is 0 Å². The molecule has 0 aromatic heterocycles. The number of carbonyl (C=O) groups is 1. The van der Waals surface area contributed by atoms with E-state index in [0.717, 1.165) is 19.2 Å². The van der Waals surface area contributed by atoms with Crippen molar-refractivity contribution in [1.29, 1.82) is 0 Å². The zero-order valence-electron chi connectivity index (χ0n) is 14.0. The highest BCUT2D eigenvalue weighted by Crippen LogP contribution is 2.34. The Morgan fingerprint density at radius 1 is 1.04 bits per heavy atom. The third-order valence-corrected chi connectivity index (χ3v) is 4.33. The number of nitrogens with zero attached hydrogens (tertiary/aromatic N) is 1. The molecule has 1 aliphatic rings. The fourth-order valence-electron chi connectivity index (χ4n) is 3.19. The second-order valence-corrected chi connectivity index (χ2v) is 6.32. The smallest absolute Gasteiger partial charge is 0.334 e. The van der Waals surface area contributed by atoms with Crippen molar-refractivity contribution >= 4 is 5.97 Å². The highest BCUT2D eigenvalue weighted by molar-refractivity contribution is 5.82. The average molecular weight is 337 g/mol. The van der Waals surface area contributed by atoms with Crippen molar-refractivity contribution in [1.82, 2.24) is 4.90 Å². The van der Waals surface area contributed by atoms with Gasteiger partial charge in [0.1, 0.15) is 5.82 Å². The fraction of sp³-hybridized carbons (Fsp3) is 0.250. The first-order valence-electron chi connectivity index (χ1n) is 8.37. The molecule has 2 aromatic carbocycles. The van der Waals surface area contributed by atoms with Crippen molar-refractivity contribution < 1.29 is 9.53 Å². The van der Waals surface area contributed by atoms with Crippen LogP contribution in [-0.2, 0) is 9.53 Å². The van der Waals surface area contributed by atoms with Gasteiger partial charge in [-0.1, -0.05) is 60.7 Å². The lowest BCUT2D eigenvalue weighted by molar-refractivity contribution is -0.141. The lowest BCUT2D eigenvalue weighted by Crippen LogP contribution is -2.50. The number of hydrogen-bond acceptors (Lipinski definition) is 5. The summed E-state index contributed by atoms with van der Waals surface area (Å²) in [5.74, 6) is -0.194. The minimum absolute atomic E-state index is 0.0338. The van der Waals surface area contributed by atoms with E-state index in [4.69, 9.17) is 16.2 Å². The van der Waals surface area contributed by atoms with Crippen LogP contribution in [0.25, 0.3) is 0 Å². The van der Waals surface area contributed by atoms with Crippen molar-refractivity contribution in [2.45, 2.75) is 6.04 Å². The molecule has 0 bridgehead atoms. The normalized spacial score (nSPS) is 14.8. The molecule has 1 saturated heterocycles. The lowest BCUT2D eigenvalue weighted by Gasteiger charge is -2.44. The van der Waals surface area contributed by atoms with Gasteiger partial charge in [0.05, 0.1) is 18.7 Å². The number of benzene rings is 2. The van der Waals surface area contributed by atoms with Gasteiger partial charge < -0.3 is 16.2 Å². The second-order valence-electron chi connectivity index (χ2n) is 6.32. The molecular weight excluding hydrogens is 314 g/mol. The summed E-state index contributed by atoms with van der Waals surface area (Å²) in [7, 11) is 0. The van der Waals surface area contributed by atoms with Crippen molar-refractivity contribution in [2.24, 2.45) is 17.4 Å². The summed E-state index contributed by atoms with van der Waals surface area (Å²) in [6.07, 6.45) is 1.10. The van der Waals surface area contributed by atoms with E-state index in [1.165, 1.54) is 11.1 Å². The van der Waals surface area contributed by atoms with Gasteiger partial charge in [-0.2, -0.15) is 0 Å². The van der Waals surface area contributed by atoms with Crippen molar-refractivity contribution in [2.75, 3.05) is 19.7 Å². The van der Waals surface area contributed by atoms with Crippen LogP contribution < -0.4 is 11.5 Å². The van der Waals surface area contributed by atoms with E-state index in [9.17, 15) is 4.79 Å². The molecule has 0 amide bonds. The molecule has 1 fully saturated rings. The van der Waals surface area contributed by atoms with Gasteiger partial charge in [-0.25, -0.2) is 4.79 Å². The Morgan fingerprint density at radius 3 is 2.04 bits per heavy atom. The van der Waals surface area contributed by atoms with E-state index in [1.807, 2.05) is 12.1 Å². The second kappa shape index (κ2) is 7.85. The highest BCUT2D eigenvalue weighted by Gasteiger charge is 2.34. The number of nitrogens with two attached hydrogens (primary N) is 2. The number of carbonyl (C=O) groups excluding carboxylic acids is 1. The van der Waals surface area contributed by atoms with E-state index in [0.29, 0.717) is 12.5 Å². The van der Waals surface area contributed by atoms with E-state index in [2.05, 4.69) is 53.4 Å². The Morgan fingerprint density at radius 2 is 1.56 bits per heavy atom. The molecule has 0 aliphatic carbocycles. The Hall–Kier alpha value is -2.79. The molecule has 25 heavy (non-hydrogen) atoms. The molecule has 0 radical (unpaired) electrons. The van der Waals surface area contributed by atoms with Crippen LogP contribution in [0.4, 0.5) is 0 Å². The Labute approximate surface area is 147 Å². The average Bonchev–Trinajstić information content (AvgIpc) is 2.57. The number of esters is 1. The standard InChI is InChI=1S/C20H23N3O2/c21-18(22)11-19(24)25-14-15-12-23(13-15)20(16-7-3-1-4-8-16)17-9-5-2-6-10-17/h1-11,15,20H,12-14,21-22H2. The molecular formula is C20H23N3O2. The zero-order valence-corrected chi connectivity index (χ0v) is 14.0. The first-order chi connectivity index (χ1) is 12.1. The summed E-state index contributed by atoms with van der Waals surface area (Å²) < 4.78 is 5.19. The van der Waals surface area contributed by atoms with E-state index >= 15 is 0 Å². The Bertz CT molecular complexity index is 682. The van der Waals surface area contributed by atoms with Gasteiger partial charge in [0.2, 0.25) is 0 Å². The predicted molar refractivity (Wildman–Crippen MR) is 97.2 cm³/mol. The van der Waals surface area contributed by atoms with Crippen molar-refractivity contribution in [3.8, 4) is 0 Å². The summed E-state index contributed by atoms with van der Waals surface area (Å²) in [5, 5.41) is 0. The maximum Gasteiger partial charge on any atom is 0.334 e. The Balaban J connectivity index is 1.63. The summed E-state index contributed by atoms with van der Waals surface area (Å²) in [6, 6.07) is 21.1. The van der Waals surface area contributed by atoms with Gasteiger partial charge in [0.25, 0.3) is 0 Å². The third kappa shape index (κ3) is 4.39. The van der Waals surface area contributed by atoms with Gasteiger partial charge in [-0.05, 0) is 11.1 Å². The van der Waals surface area contributed by atoms with Gasteiger partial charge in [0, 0.05) is 19.0 Å². The van der Waals surface area contributed by atoms with Crippen LogP contribution in [0.15, 0.2) is 72.6 Å². The number of likely N-dealkylation sites (tertiary alicyclic amines) is 1. The molecule has 1 aliphatic heterocycles. The number of rotatable bonds is 6. The maximum absolute atomic E-state index is 11.5. The van der Waals surface area contributed by atoms with Crippen LogP contribution in [0.3, 0.4) is 0 Å². The van der Waals surface area contributed by atoms with Crippen molar-refractivity contribution in [3.63, 3.8) is 0 Å². The molecule has 5 heteroatoms. The largest absolute Gasteiger partial charge is 0.462 e. The minimum Gasteiger partial charge on any atom is -0.462 e. The Kier molecular flexibility index (Phi) is 5.36. The van der Waals surface area contributed by atoms with Crippen LogP contribution in [-0.4, -0.2) is 30.6 Å². The summed E-state index contributed by atoms with van der Waals surface area (Å²) in [5.41, 5.74) is 13.1. The minimum atomic E-state index is -0.485. The number of hydrogen-bond donors (Lipinski definition) is 2. The molecule has 5 nitrogen and oxygen atoms in total. The van der Waals surface area contributed by atoms with Gasteiger partial charge >= 0.3 is 5.97 Å². The van der Waals surface area contributed by atoms with Crippen LogP contribution >= 0.6 is 0 Å². The molecule has 0 spiro atoms. The summed E-state index contributed by atoms with van der Waals surface area (Å²) in [4.78, 5) is 13.9. The predicted octanol–water partition coefficient (Wildman–Crippen LogP) is 2.01. The van der Waals surface area contributed by atoms with Crippen LogP contribution in [0.2, 0.25) is 0 Å². The molecule has 2 aromatic rings. The summed E-state index contributed by atoms with van der Waals surface area (Å²) >= 11 is 0.